The van der Waals surface area contributed by atoms with Gasteiger partial charge in [0.25, 0.3) is 0 Å². The quantitative estimate of drug-likeness (QED) is 0.558. The minimum atomic E-state index is -0.506. The van der Waals surface area contributed by atoms with Crippen LogP contribution in [0.15, 0.2) is 6.07 Å². The van der Waals surface area contributed by atoms with E-state index < -0.39 is 11.5 Å². The molecule has 5 nitrogen and oxygen atoms in total. The van der Waals surface area contributed by atoms with E-state index in [4.69, 9.17) is 9.47 Å². The molecule has 0 heterocycles. The summed E-state index contributed by atoms with van der Waals surface area (Å²) in [6.07, 6.45) is 0.501. The summed E-state index contributed by atoms with van der Waals surface area (Å²) in [5.74, 6) is -1.01. The molecule has 0 unspecified atom stereocenters. The number of methoxy groups -OCH3 is 2. The van der Waals surface area contributed by atoms with Gasteiger partial charge in [-0.05, 0) is 6.07 Å². The zero-order valence-electron chi connectivity index (χ0n) is 7.77. The van der Waals surface area contributed by atoms with Gasteiger partial charge in [-0.25, -0.2) is 0 Å². The molecular formula is C9H10O5. The molecule has 76 valence electrons. The van der Waals surface area contributed by atoms with Crippen molar-refractivity contribution in [2.75, 3.05) is 14.2 Å². The van der Waals surface area contributed by atoms with Crippen LogP contribution in [0.2, 0.25) is 0 Å². The molecule has 5 heteroatoms. The molecule has 0 aliphatic rings. The second-order valence-electron chi connectivity index (χ2n) is 2.52. The Bertz CT molecular complexity index is 359. The highest BCUT2D eigenvalue weighted by Gasteiger charge is 2.17. The summed E-state index contributed by atoms with van der Waals surface area (Å²) in [6, 6.07) is 1.28. The molecule has 0 fully saturated rings. The lowest BCUT2D eigenvalue weighted by atomic mass is 10.1. The Morgan fingerprint density at radius 2 is 1.86 bits per heavy atom. The maximum absolute atomic E-state index is 10.6. The molecule has 1 aromatic carbocycles. The molecule has 1 aromatic rings. The number of hydrogen-bond acceptors (Lipinski definition) is 5. The maximum Gasteiger partial charge on any atom is 0.205 e. The number of aldehydes is 1. The van der Waals surface area contributed by atoms with Gasteiger partial charge in [0.05, 0.1) is 19.8 Å². The van der Waals surface area contributed by atoms with Crippen molar-refractivity contribution in [1.29, 1.82) is 0 Å². The van der Waals surface area contributed by atoms with E-state index in [1.54, 1.807) is 0 Å². The molecule has 0 bridgehead atoms. The predicted molar refractivity (Wildman–Crippen MR) is 48.3 cm³/mol. The number of aromatic hydroxyl groups is 2. The minimum Gasteiger partial charge on any atom is -0.502 e. The minimum absolute atomic E-state index is 0.0189. The molecule has 0 saturated heterocycles. The van der Waals surface area contributed by atoms with Gasteiger partial charge in [-0.3, -0.25) is 4.79 Å². The largest absolute Gasteiger partial charge is 0.502 e. The summed E-state index contributed by atoms with van der Waals surface area (Å²) >= 11 is 0. The Hall–Kier alpha value is -1.91. The zero-order valence-corrected chi connectivity index (χ0v) is 7.77. The van der Waals surface area contributed by atoms with Crippen LogP contribution in [0, 0.1) is 0 Å². The van der Waals surface area contributed by atoms with Crippen LogP contribution in [0.5, 0.6) is 23.0 Å². The Morgan fingerprint density at radius 1 is 1.21 bits per heavy atom. The van der Waals surface area contributed by atoms with E-state index in [9.17, 15) is 15.0 Å². The molecule has 0 aromatic heterocycles. The maximum atomic E-state index is 10.6. The van der Waals surface area contributed by atoms with Gasteiger partial charge in [0.2, 0.25) is 11.5 Å². The summed E-state index contributed by atoms with van der Waals surface area (Å²) in [5.41, 5.74) is 0.111. The highest BCUT2D eigenvalue weighted by molar-refractivity contribution is 5.84. The number of rotatable bonds is 3. The van der Waals surface area contributed by atoms with Crippen molar-refractivity contribution in [2.24, 2.45) is 0 Å². The molecule has 0 saturated carbocycles. The van der Waals surface area contributed by atoms with Gasteiger partial charge in [0.15, 0.2) is 17.8 Å². The average molecular weight is 198 g/mol. The number of hydrogen-bond donors (Lipinski definition) is 2. The molecular weight excluding hydrogens is 188 g/mol. The van der Waals surface area contributed by atoms with Crippen LogP contribution in [0.3, 0.4) is 0 Å². The highest BCUT2D eigenvalue weighted by Crippen LogP contribution is 2.44. The number of carbonyl (C=O) groups is 1. The molecule has 0 aliphatic carbocycles. The summed E-state index contributed by atoms with van der Waals surface area (Å²) in [5, 5.41) is 18.8. The van der Waals surface area contributed by atoms with Crippen molar-refractivity contribution in [2.45, 2.75) is 0 Å². The Kier molecular flexibility index (Phi) is 2.81. The van der Waals surface area contributed by atoms with Gasteiger partial charge in [-0.15, -0.1) is 0 Å². The molecule has 0 atom stereocenters. The third-order valence-electron chi connectivity index (χ3n) is 1.77. The van der Waals surface area contributed by atoms with E-state index in [0.717, 1.165) is 0 Å². The van der Waals surface area contributed by atoms with E-state index >= 15 is 0 Å². The van der Waals surface area contributed by atoms with E-state index in [-0.39, 0.29) is 17.1 Å². The summed E-state index contributed by atoms with van der Waals surface area (Å²) < 4.78 is 9.49. The fourth-order valence-corrected chi connectivity index (χ4v) is 1.09. The van der Waals surface area contributed by atoms with Crippen molar-refractivity contribution in [3.8, 4) is 23.0 Å². The first-order valence-corrected chi connectivity index (χ1v) is 3.77. The Balaban J connectivity index is 3.45. The monoisotopic (exact) mass is 198 g/mol. The van der Waals surface area contributed by atoms with E-state index in [1.807, 2.05) is 0 Å². The molecule has 0 spiro atoms. The highest BCUT2D eigenvalue weighted by atomic mass is 16.5. The van der Waals surface area contributed by atoms with E-state index in [0.29, 0.717) is 6.29 Å². The molecule has 0 amide bonds. The van der Waals surface area contributed by atoms with Crippen molar-refractivity contribution >= 4 is 6.29 Å². The third kappa shape index (κ3) is 1.44. The molecule has 0 aliphatic heterocycles. The fraction of sp³-hybridized carbons (Fsp3) is 0.222. The second-order valence-corrected chi connectivity index (χ2v) is 2.52. The third-order valence-corrected chi connectivity index (χ3v) is 1.77. The zero-order chi connectivity index (χ0) is 10.7. The Labute approximate surface area is 80.5 Å². The lowest BCUT2D eigenvalue weighted by Crippen LogP contribution is -1.94. The predicted octanol–water partition coefficient (Wildman–Crippen LogP) is 0.927. The van der Waals surface area contributed by atoms with Gasteiger partial charge in [0.1, 0.15) is 0 Å². The number of phenolic OH excluding ortho intramolecular Hbond substituents is 2. The van der Waals surface area contributed by atoms with Crippen molar-refractivity contribution in [3.63, 3.8) is 0 Å². The van der Waals surface area contributed by atoms with Gasteiger partial charge < -0.3 is 19.7 Å². The van der Waals surface area contributed by atoms with Crippen LogP contribution < -0.4 is 9.47 Å². The van der Waals surface area contributed by atoms with Crippen LogP contribution in [0.4, 0.5) is 0 Å². The van der Waals surface area contributed by atoms with E-state index in [1.165, 1.54) is 20.3 Å². The van der Waals surface area contributed by atoms with Crippen LogP contribution in [-0.2, 0) is 0 Å². The Morgan fingerprint density at radius 3 is 2.29 bits per heavy atom. The first-order chi connectivity index (χ1) is 6.65. The van der Waals surface area contributed by atoms with Gasteiger partial charge in [-0.1, -0.05) is 0 Å². The lowest BCUT2D eigenvalue weighted by molar-refractivity contribution is 0.111. The first-order valence-electron chi connectivity index (χ1n) is 3.77. The standard InChI is InChI=1S/C9H10O5/c1-13-6-3-5(4-10)9(14-2)8(12)7(6)11/h3-4,11-12H,1-2H3. The van der Waals surface area contributed by atoms with Crippen LogP contribution >= 0.6 is 0 Å². The second kappa shape index (κ2) is 3.87. The summed E-state index contributed by atoms with van der Waals surface area (Å²) in [4.78, 5) is 10.6. The van der Waals surface area contributed by atoms with Crippen molar-refractivity contribution in [1.82, 2.24) is 0 Å². The van der Waals surface area contributed by atoms with E-state index in [2.05, 4.69) is 0 Å². The first kappa shape index (κ1) is 10.2. The van der Waals surface area contributed by atoms with Crippen molar-refractivity contribution < 1.29 is 24.5 Å². The number of carbonyl (C=O) groups excluding carboxylic acids is 1. The fourth-order valence-electron chi connectivity index (χ4n) is 1.09. The topological polar surface area (TPSA) is 76.0 Å². The number of benzene rings is 1. The average Bonchev–Trinajstić information content (AvgIpc) is 2.21. The van der Waals surface area contributed by atoms with Gasteiger partial charge in [-0.2, -0.15) is 0 Å². The summed E-state index contributed by atoms with van der Waals surface area (Å²) in [6.45, 7) is 0. The van der Waals surface area contributed by atoms with Gasteiger partial charge in [0, 0.05) is 0 Å². The normalized spacial score (nSPS) is 9.57. The van der Waals surface area contributed by atoms with Crippen LogP contribution in [0.25, 0.3) is 0 Å². The molecule has 0 radical (unpaired) electrons. The van der Waals surface area contributed by atoms with Crippen LogP contribution in [-0.4, -0.2) is 30.7 Å². The lowest BCUT2D eigenvalue weighted by Gasteiger charge is -2.10. The molecule has 1 rings (SSSR count). The summed E-state index contributed by atoms with van der Waals surface area (Å²) in [7, 11) is 2.60. The molecule has 2 N–H and O–H groups in total. The number of phenols is 2. The smallest absolute Gasteiger partial charge is 0.205 e. The van der Waals surface area contributed by atoms with Crippen molar-refractivity contribution in [3.05, 3.63) is 11.6 Å². The molecule has 14 heavy (non-hydrogen) atoms. The number of ether oxygens (including phenoxy) is 2. The SMILES string of the molecule is COc1cc(C=O)c(OC)c(O)c1O. The van der Waals surface area contributed by atoms with Crippen LogP contribution in [0.1, 0.15) is 10.4 Å². The van der Waals surface area contributed by atoms with Gasteiger partial charge >= 0.3 is 0 Å².